The summed E-state index contributed by atoms with van der Waals surface area (Å²) in [5.74, 6) is 0.156. The summed E-state index contributed by atoms with van der Waals surface area (Å²) in [5.41, 5.74) is 1.06. The second-order valence-electron chi connectivity index (χ2n) is 3.06. The van der Waals surface area contributed by atoms with Gasteiger partial charge in [0.2, 0.25) is 0 Å². The highest BCUT2D eigenvalue weighted by Crippen LogP contribution is 2.01. The highest BCUT2D eigenvalue weighted by Gasteiger charge is 1.93. The van der Waals surface area contributed by atoms with E-state index in [1.807, 2.05) is 43.5 Å². The summed E-state index contributed by atoms with van der Waals surface area (Å²) in [7, 11) is 1.84. The SMILES string of the molecule is CNCCC(=O)C=Cc1ccccc1. The molecule has 0 radical (unpaired) electrons. The van der Waals surface area contributed by atoms with E-state index in [-0.39, 0.29) is 5.78 Å². The zero-order valence-corrected chi connectivity index (χ0v) is 8.36. The molecule has 0 aliphatic rings. The van der Waals surface area contributed by atoms with Gasteiger partial charge < -0.3 is 5.32 Å². The number of nitrogens with one attached hydrogen (secondary N) is 1. The van der Waals surface area contributed by atoms with Crippen LogP contribution in [0.4, 0.5) is 0 Å². The quantitative estimate of drug-likeness (QED) is 0.716. The molecular weight excluding hydrogens is 174 g/mol. The molecule has 1 N–H and O–H groups in total. The predicted molar refractivity (Wildman–Crippen MR) is 59.0 cm³/mol. The first kappa shape index (κ1) is 10.7. The Hall–Kier alpha value is -1.41. The summed E-state index contributed by atoms with van der Waals surface area (Å²) < 4.78 is 0. The molecule has 0 aliphatic heterocycles. The van der Waals surface area contributed by atoms with Gasteiger partial charge in [-0.25, -0.2) is 0 Å². The fourth-order valence-electron chi connectivity index (χ4n) is 1.08. The van der Waals surface area contributed by atoms with Crippen molar-refractivity contribution in [3.8, 4) is 0 Å². The number of benzene rings is 1. The maximum Gasteiger partial charge on any atom is 0.156 e. The molecule has 0 atom stereocenters. The van der Waals surface area contributed by atoms with Crippen molar-refractivity contribution in [2.24, 2.45) is 0 Å². The molecule has 0 amide bonds. The Morgan fingerprint density at radius 3 is 2.71 bits per heavy atom. The van der Waals surface area contributed by atoms with Crippen LogP contribution in [0, 0.1) is 0 Å². The first-order valence-electron chi connectivity index (χ1n) is 4.73. The van der Waals surface area contributed by atoms with Gasteiger partial charge in [-0.05, 0) is 18.7 Å². The van der Waals surface area contributed by atoms with Crippen molar-refractivity contribution in [1.29, 1.82) is 0 Å². The lowest BCUT2D eigenvalue weighted by molar-refractivity contribution is -0.114. The average molecular weight is 189 g/mol. The number of hydrogen-bond acceptors (Lipinski definition) is 2. The Labute approximate surface area is 84.6 Å². The lowest BCUT2D eigenvalue weighted by atomic mass is 10.2. The minimum Gasteiger partial charge on any atom is -0.319 e. The van der Waals surface area contributed by atoms with Crippen LogP contribution in [0.2, 0.25) is 0 Å². The van der Waals surface area contributed by atoms with E-state index in [0.29, 0.717) is 6.42 Å². The van der Waals surface area contributed by atoms with Crippen LogP contribution in [-0.2, 0) is 4.79 Å². The second kappa shape index (κ2) is 6.11. The first-order valence-corrected chi connectivity index (χ1v) is 4.73. The fraction of sp³-hybridized carbons (Fsp3) is 0.250. The summed E-state index contributed by atoms with van der Waals surface area (Å²) in [4.78, 5) is 11.2. The van der Waals surface area contributed by atoms with E-state index in [4.69, 9.17) is 0 Å². The van der Waals surface area contributed by atoms with Crippen LogP contribution in [0.5, 0.6) is 0 Å². The Morgan fingerprint density at radius 2 is 2.07 bits per heavy atom. The highest BCUT2D eigenvalue weighted by atomic mass is 16.1. The molecule has 0 aliphatic carbocycles. The maximum absolute atomic E-state index is 11.2. The largest absolute Gasteiger partial charge is 0.319 e. The number of ketones is 1. The number of hydrogen-bond donors (Lipinski definition) is 1. The summed E-state index contributed by atoms with van der Waals surface area (Å²) in [6, 6.07) is 9.82. The number of allylic oxidation sites excluding steroid dienone is 1. The van der Waals surface area contributed by atoms with Crippen LogP contribution in [0.3, 0.4) is 0 Å². The van der Waals surface area contributed by atoms with Gasteiger partial charge in [-0.1, -0.05) is 36.4 Å². The van der Waals surface area contributed by atoms with E-state index in [2.05, 4.69) is 5.32 Å². The van der Waals surface area contributed by atoms with Crippen molar-refractivity contribution in [2.45, 2.75) is 6.42 Å². The van der Waals surface area contributed by atoms with E-state index in [0.717, 1.165) is 12.1 Å². The van der Waals surface area contributed by atoms with Gasteiger partial charge >= 0.3 is 0 Å². The molecule has 2 heteroatoms. The monoisotopic (exact) mass is 189 g/mol. The zero-order chi connectivity index (χ0) is 10.2. The Morgan fingerprint density at radius 1 is 1.36 bits per heavy atom. The third-order valence-electron chi connectivity index (χ3n) is 1.88. The molecule has 1 aromatic rings. The summed E-state index contributed by atoms with van der Waals surface area (Å²) >= 11 is 0. The van der Waals surface area contributed by atoms with Crippen LogP contribution in [0.15, 0.2) is 36.4 Å². The van der Waals surface area contributed by atoms with Crippen molar-refractivity contribution >= 4 is 11.9 Å². The molecule has 0 unspecified atom stereocenters. The molecular formula is C12H15NO. The summed E-state index contributed by atoms with van der Waals surface area (Å²) in [6.45, 7) is 0.734. The van der Waals surface area contributed by atoms with E-state index in [1.54, 1.807) is 6.08 Å². The fourth-order valence-corrected chi connectivity index (χ4v) is 1.08. The molecule has 1 aromatic carbocycles. The van der Waals surface area contributed by atoms with Gasteiger partial charge in [0.05, 0.1) is 0 Å². The minimum absolute atomic E-state index is 0.156. The molecule has 0 spiro atoms. The van der Waals surface area contributed by atoms with Crippen LogP contribution in [0.1, 0.15) is 12.0 Å². The van der Waals surface area contributed by atoms with Crippen molar-refractivity contribution < 1.29 is 4.79 Å². The topological polar surface area (TPSA) is 29.1 Å². The standard InChI is InChI=1S/C12H15NO/c1-13-10-9-12(14)8-7-11-5-3-2-4-6-11/h2-8,13H,9-10H2,1H3. The van der Waals surface area contributed by atoms with E-state index in [1.165, 1.54) is 0 Å². The molecule has 0 aromatic heterocycles. The van der Waals surface area contributed by atoms with Gasteiger partial charge in [0.15, 0.2) is 5.78 Å². The molecule has 0 heterocycles. The lowest BCUT2D eigenvalue weighted by Gasteiger charge is -1.94. The second-order valence-corrected chi connectivity index (χ2v) is 3.06. The lowest BCUT2D eigenvalue weighted by Crippen LogP contribution is -2.11. The van der Waals surface area contributed by atoms with Gasteiger partial charge in [0.25, 0.3) is 0 Å². The average Bonchev–Trinajstić information content (AvgIpc) is 2.25. The third kappa shape index (κ3) is 4.01. The number of carbonyl (C=O) groups excluding carboxylic acids is 1. The summed E-state index contributed by atoms with van der Waals surface area (Å²) in [5, 5.41) is 2.94. The summed E-state index contributed by atoms with van der Waals surface area (Å²) in [6.07, 6.45) is 4.03. The molecule has 14 heavy (non-hydrogen) atoms. The molecule has 0 fully saturated rings. The number of rotatable bonds is 5. The van der Waals surface area contributed by atoms with E-state index in [9.17, 15) is 4.79 Å². The molecule has 74 valence electrons. The highest BCUT2D eigenvalue weighted by molar-refractivity contribution is 5.93. The Kier molecular flexibility index (Phi) is 4.65. The third-order valence-corrected chi connectivity index (χ3v) is 1.88. The molecule has 1 rings (SSSR count). The van der Waals surface area contributed by atoms with Gasteiger partial charge in [0, 0.05) is 13.0 Å². The molecule has 0 bridgehead atoms. The predicted octanol–water partition coefficient (Wildman–Crippen LogP) is 1.88. The first-order chi connectivity index (χ1) is 6.83. The zero-order valence-electron chi connectivity index (χ0n) is 8.36. The van der Waals surface area contributed by atoms with Crippen molar-refractivity contribution in [3.63, 3.8) is 0 Å². The van der Waals surface area contributed by atoms with Gasteiger partial charge in [-0.2, -0.15) is 0 Å². The molecule has 0 saturated carbocycles. The molecule has 2 nitrogen and oxygen atoms in total. The normalized spacial score (nSPS) is 10.6. The molecule has 0 saturated heterocycles. The van der Waals surface area contributed by atoms with Crippen molar-refractivity contribution in [1.82, 2.24) is 5.32 Å². The van der Waals surface area contributed by atoms with Crippen molar-refractivity contribution in [2.75, 3.05) is 13.6 Å². The van der Waals surface area contributed by atoms with Crippen LogP contribution in [-0.4, -0.2) is 19.4 Å². The van der Waals surface area contributed by atoms with Crippen LogP contribution in [0.25, 0.3) is 6.08 Å². The van der Waals surface area contributed by atoms with Crippen LogP contribution >= 0.6 is 0 Å². The van der Waals surface area contributed by atoms with E-state index < -0.39 is 0 Å². The van der Waals surface area contributed by atoms with Crippen molar-refractivity contribution in [3.05, 3.63) is 42.0 Å². The van der Waals surface area contributed by atoms with Gasteiger partial charge in [0.1, 0.15) is 0 Å². The van der Waals surface area contributed by atoms with Gasteiger partial charge in [-0.3, -0.25) is 4.79 Å². The smallest absolute Gasteiger partial charge is 0.156 e. The minimum atomic E-state index is 0.156. The van der Waals surface area contributed by atoms with Gasteiger partial charge in [-0.15, -0.1) is 0 Å². The van der Waals surface area contributed by atoms with Crippen LogP contribution < -0.4 is 5.32 Å². The Bertz CT molecular complexity index is 303. The number of carbonyl (C=O) groups is 1. The Balaban J connectivity index is 2.44. The maximum atomic E-state index is 11.2. The van der Waals surface area contributed by atoms with E-state index >= 15 is 0 Å².